The fourth-order valence-electron chi connectivity index (χ4n) is 3.09. The van der Waals surface area contributed by atoms with Gasteiger partial charge in [-0.1, -0.05) is 30.3 Å². The largest absolute Gasteiger partial charge is 0.318 e. The molecule has 0 aliphatic heterocycles. The summed E-state index contributed by atoms with van der Waals surface area (Å²) < 4.78 is 26.9. The zero-order valence-corrected chi connectivity index (χ0v) is 17.1. The van der Waals surface area contributed by atoms with Crippen molar-refractivity contribution in [1.82, 2.24) is 14.8 Å². The number of sulfonamides is 1. The molecule has 29 heavy (non-hydrogen) atoms. The van der Waals surface area contributed by atoms with Crippen molar-refractivity contribution in [2.45, 2.75) is 25.7 Å². The van der Waals surface area contributed by atoms with E-state index in [9.17, 15) is 18.0 Å². The molecule has 0 bridgehead atoms. The molecule has 0 spiro atoms. The van der Waals surface area contributed by atoms with Crippen molar-refractivity contribution in [3.63, 3.8) is 0 Å². The second-order valence-corrected chi connectivity index (χ2v) is 8.28. The first kappa shape index (κ1) is 20.5. The fraction of sp³-hybridized carbons (Fsp3) is 0.143. The maximum Gasteiger partial charge on any atom is 0.268 e. The van der Waals surface area contributed by atoms with Crippen LogP contribution in [-0.4, -0.2) is 24.7 Å². The van der Waals surface area contributed by atoms with Crippen molar-refractivity contribution in [2.24, 2.45) is 0 Å². The van der Waals surface area contributed by atoms with Crippen molar-refractivity contribution in [2.75, 3.05) is 0 Å². The van der Waals surface area contributed by atoms with Crippen LogP contribution in [0.25, 0.3) is 5.69 Å². The van der Waals surface area contributed by atoms with Crippen molar-refractivity contribution in [3.05, 3.63) is 83.2 Å². The fourth-order valence-corrected chi connectivity index (χ4v) is 3.97. The summed E-state index contributed by atoms with van der Waals surface area (Å²) in [6.45, 7) is 5.01. The molecule has 150 valence electrons. The molecule has 0 saturated heterocycles. The van der Waals surface area contributed by atoms with Gasteiger partial charge in [0.2, 0.25) is 0 Å². The molecule has 7 nitrogen and oxygen atoms in total. The molecule has 3 aromatic rings. The highest BCUT2D eigenvalue weighted by molar-refractivity contribution is 7.89. The topological polar surface area (TPSA) is 97.3 Å². The number of Topliss-reactive ketones (excluding diaryl/α,β-unsaturated/α-hetero) is 1. The minimum atomic E-state index is -4.03. The zero-order valence-electron chi connectivity index (χ0n) is 16.3. The van der Waals surface area contributed by atoms with Crippen LogP contribution >= 0.6 is 0 Å². The lowest BCUT2D eigenvalue weighted by molar-refractivity contribution is 0.0943. The van der Waals surface area contributed by atoms with E-state index in [-0.39, 0.29) is 16.2 Å². The van der Waals surface area contributed by atoms with Gasteiger partial charge in [-0.25, -0.2) is 8.42 Å². The van der Waals surface area contributed by atoms with Gasteiger partial charge in [-0.3, -0.25) is 15.0 Å². The standard InChI is InChI=1S/C21H21N3O4S/c1-14-12-20(15(2)24(14)18-9-5-4-6-10-18)21(26)22-23-29(27,28)19-11-7-8-17(13-19)16(3)25/h4-13,23H,1-3H3,(H,22,26). The third kappa shape index (κ3) is 4.28. The molecule has 3 rings (SSSR count). The maximum atomic E-state index is 12.6. The van der Waals surface area contributed by atoms with Crippen LogP contribution < -0.4 is 10.3 Å². The molecule has 0 atom stereocenters. The van der Waals surface area contributed by atoms with Crippen LogP contribution in [0.1, 0.15) is 39.0 Å². The highest BCUT2D eigenvalue weighted by atomic mass is 32.2. The Morgan fingerprint density at radius 3 is 2.28 bits per heavy atom. The third-order valence-electron chi connectivity index (χ3n) is 4.54. The average molecular weight is 411 g/mol. The van der Waals surface area contributed by atoms with Gasteiger partial charge in [-0.05, 0) is 51.1 Å². The summed E-state index contributed by atoms with van der Waals surface area (Å²) >= 11 is 0. The number of hydrogen-bond acceptors (Lipinski definition) is 4. The Morgan fingerprint density at radius 1 is 0.931 bits per heavy atom. The third-order valence-corrected chi connectivity index (χ3v) is 5.79. The lowest BCUT2D eigenvalue weighted by Crippen LogP contribution is -2.41. The van der Waals surface area contributed by atoms with E-state index in [0.717, 1.165) is 11.4 Å². The van der Waals surface area contributed by atoms with Crippen molar-refractivity contribution in [3.8, 4) is 5.69 Å². The number of aryl methyl sites for hydroxylation is 1. The van der Waals surface area contributed by atoms with Gasteiger partial charge in [0.15, 0.2) is 5.78 Å². The SMILES string of the molecule is CC(=O)c1cccc(S(=O)(=O)NNC(=O)c2cc(C)n(-c3ccccc3)c2C)c1. The molecule has 0 radical (unpaired) electrons. The Balaban J connectivity index is 1.81. The quantitative estimate of drug-likeness (QED) is 0.481. The monoisotopic (exact) mass is 411 g/mol. The van der Waals surface area contributed by atoms with Crippen LogP contribution in [-0.2, 0) is 10.0 Å². The predicted molar refractivity (Wildman–Crippen MR) is 109 cm³/mol. The van der Waals surface area contributed by atoms with E-state index >= 15 is 0 Å². The van der Waals surface area contributed by atoms with Crippen molar-refractivity contribution in [1.29, 1.82) is 0 Å². The van der Waals surface area contributed by atoms with Gasteiger partial charge in [-0.15, -0.1) is 4.83 Å². The van der Waals surface area contributed by atoms with Crippen LogP contribution in [0.2, 0.25) is 0 Å². The average Bonchev–Trinajstić information content (AvgIpc) is 3.01. The van der Waals surface area contributed by atoms with Gasteiger partial charge < -0.3 is 4.57 Å². The van der Waals surface area contributed by atoms with Crippen LogP contribution in [0.3, 0.4) is 0 Å². The van der Waals surface area contributed by atoms with E-state index < -0.39 is 15.9 Å². The molecule has 1 aromatic heterocycles. The minimum Gasteiger partial charge on any atom is -0.318 e. The number of nitrogens with zero attached hydrogens (tertiary/aromatic N) is 1. The molecule has 2 aromatic carbocycles. The summed E-state index contributed by atoms with van der Waals surface area (Å²) in [6.07, 6.45) is 0. The normalized spacial score (nSPS) is 11.3. The van der Waals surface area contributed by atoms with E-state index in [1.54, 1.807) is 13.0 Å². The number of rotatable bonds is 6. The van der Waals surface area contributed by atoms with E-state index in [1.807, 2.05) is 41.8 Å². The number of benzene rings is 2. The lowest BCUT2D eigenvalue weighted by Gasteiger charge is -2.11. The summed E-state index contributed by atoms with van der Waals surface area (Å²) in [6, 6.07) is 16.9. The number of aromatic nitrogens is 1. The molecule has 1 amide bonds. The number of nitrogens with one attached hydrogen (secondary N) is 2. The number of para-hydroxylation sites is 1. The molecule has 0 fully saturated rings. The summed E-state index contributed by atoms with van der Waals surface area (Å²) in [5.41, 5.74) is 5.30. The summed E-state index contributed by atoms with van der Waals surface area (Å²) in [7, 11) is -4.03. The molecule has 2 N–H and O–H groups in total. The predicted octanol–water partition coefficient (Wildman–Crippen LogP) is 2.92. The Hall–Kier alpha value is -3.23. The Bertz CT molecular complexity index is 1180. The van der Waals surface area contributed by atoms with Crippen LogP contribution in [0, 0.1) is 13.8 Å². The summed E-state index contributed by atoms with van der Waals surface area (Å²) in [5, 5.41) is 0. The van der Waals surface area contributed by atoms with Crippen LogP contribution in [0.5, 0.6) is 0 Å². The Kier molecular flexibility index (Phi) is 5.67. The van der Waals surface area contributed by atoms with E-state index in [1.165, 1.54) is 31.2 Å². The first-order chi connectivity index (χ1) is 13.7. The van der Waals surface area contributed by atoms with Gasteiger partial charge in [0.25, 0.3) is 15.9 Å². The van der Waals surface area contributed by atoms with Gasteiger partial charge in [0.05, 0.1) is 10.5 Å². The number of hydrogen-bond donors (Lipinski definition) is 2. The van der Waals surface area contributed by atoms with E-state index in [0.29, 0.717) is 11.3 Å². The van der Waals surface area contributed by atoms with Crippen molar-refractivity contribution >= 4 is 21.7 Å². The number of carbonyl (C=O) groups excluding carboxylic acids is 2. The van der Waals surface area contributed by atoms with E-state index in [2.05, 4.69) is 10.3 Å². The molecule has 8 heteroatoms. The molecular formula is C21H21N3O4S. The highest BCUT2D eigenvalue weighted by Crippen LogP contribution is 2.20. The number of hydrazine groups is 1. The zero-order chi connectivity index (χ0) is 21.2. The molecule has 0 aliphatic carbocycles. The minimum absolute atomic E-state index is 0.111. The maximum absolute atomic E-state index is 12.6. The van der Waals surface area contributed by atoms with Crippen molar-refractivity contribution < 1.29 is 18.0 Å². The van der Waals surface area contributed by atoms with E-state index in [4.69, 9.17) is 0 Å². The lowest BCUT2D eigenvalue weighted by atomic mass is 10.2. The molecule has 1 heterocycles. The first-order valence-corrected chi connectivity index (χ1v) is 10.4. The highest BCUT2D eigenvalue weighted by Gasteiger charge is 2.20. The number of amides is 1. The summed E-state index contributed by atoms with van der Waals surface area (Å²) in [5.74, 6) is -0.828. The van der Waals surface area contributed by atoms with Gasteiger partial charge >= 0.3 is 0 Å². The Labute approximate surface area is 169 Å². The van der Waals surface area contributed by atoms with Crippen LogP contribution in [0.4, 0.5) is 0 Å². The van der Waals surface area contributed by atoms with Gasteiger partial charge in [0, 0.05) is 22.6 Å². The molecule has 0 aliphatic rings. The molecule has 0 unspecified atom stereocenters. The first-order valence-electron chi connectivity index (χ1n) is 8.88. The van der Waals surface area contributed by atoms with Gasteiger partial charge in [-0.2, -0.15) is 0 Å². The number of ketones is 1. The van der Waals surface area contributed by atoms with Crippen LogP contribution in [0.15, 0.2) is 65.6 Å². The summed E-state index contributed by atoms with van der Waals surface area (Å²) in [4.78, 5) is 26.1. The van der Waals surface area contributed by atoms with Gasteiger partial charge in [0.1, 0.15) is 0 Å². The molecule has 0 saturated carbocycles. The second-order valence-electron chi connectivity index (χ2n) is 6.60. The number of carbonyl (C=O) groups is 2. The Morgan fingerprint density at radius 2 is 1.62 bits per heavy atom. The molecular weight excluding hydrogens is 390 g/mol. The second kappa shape index (κ2) is 8.02. The smallest absolute Gasteiger partial charge is 0.268 e.